The molecule has 0 atom stereocenters. The summed E-state index contributed by atoms with van der Waals surface area (Å²) in [5.41, 5.74) is 1.10. The van der Waals surface area contributed by atoms with Crippen LogP contribution in [0, 0.1) is 5.82 Å². The molecule has 1 aromatic carbocycles. The number of anilines is 3. The average molecular weight is 522 g/mol. The topological polar surface area (TPSA) is 122 Å². The molecule has 0 unspecified atom stereocenters. The van der Waals surface area contributed by atoms with E-state index in [1.165, 1.54) is 24.3 Å². The normalized spacial score (nSPS) is 11.8. The first-order valence-electron chi connectivity index (χ1n) is 10.2. The molecule has 3 N–H and O–H groups in total. The molecule has 0 amide bonds. The molecular weight excluding hydrogens is 504 g/mol. The predicted octanol–water partition coefficient (Wildman–Crippen LogP) is 4.63. The van der Waals surface area contributed by atoms with Gasteiger partial charge in [0.05, 0.1) is 23.3 Å². The Balaban J connectivity index is 1.60. The zero-order valence-corrected chi connectivity index (χ0v) is 19.1. The molecule has 36 heavy (non-hydrogen) atoms. The molecule has 0 aliphatic carbocycles. The molecule has 0 radical (unpaired) electrons. The summed E-state index contributed by atoms with van der Waals surface area (Å²) in [6.07, 6.45) is -2.35. The summed E-state index contributed by atoms with van der Waals surface area (Å²) in [7, 11) is -4.77. The fraction of sp³-hybridized carbons (Fsp3) is 0.136. The molecule has 4 rings (SSSR count). The van der Waals surface area contributed by atoms with Gasteiger partial charge in [-0.3, -0.25) is 14.8 Å². The van der Waals surface area contributed by atoms with Crippen LogP contribution in [0.25, 0.3) is 11.3 Å². The lowest BCUT2D eigenvalue weighted by atomic mass is 10.1. The van der Waals surface area contributed by atoms with E-state index in [1.54, 1.807) is 30.5 Å². The van der Waals surface area contributed by atoms with Crippen LogP contribution in [0.5, 0.6) is 5.75 Å². The van der Waals surface area contributed by atoms with E-state index in [-0.39, 0.29) is 18.0 Å². The average Bonchev–Trinajstić information content (AvgIpc) is 3.27. The number of aromatic nitrogens is 4. The van der Waals surface area contributed by atoms with Crippen LogP contribution in [-0.4, -0.2) is 40.5 Å². The van der Waals surface area contributed by atoms with E-state index < -0.39 is 27.8 Å². The number of sulfonamides is 1. The fourth-order valence-electron chi connectivity index (χ4n) is 3.06. The minimum atomic E-state index is -4.93. The number of ether oxygens (including phenoxy) is 1. The van der Waals surface area contributed by atoms with Gasteiger partial charge in [-0.05, 0) is 36.4 Å². The van der Waals surface area contributed by atoms with E-state index in [2.05, 4.69) is 25.5 Å². The molecule has 0 aliphatic heterocycles. The van der Waals surface area contributed by atoms with E-state index >= 15 is 0 Å². The van der Waals surface area contributed by atoms with Gasteiger partial charge >= 0.3 is 6.18 Å². The number of nitrogens with one attached hydrogen (secondary N) is 3. The lowest BCUT2D eigenvalue weighted by Gasteiger charge is -2.15. The minimum Gasteiger partial charge on any atom is -0.485 e. The van der Waals surface area contributed by atoms with Crippen molar-refractivity contribution in [3.05, 3.63) is 78.5 Å². The first-order chi connectivity index (χ1) is 17.1. The predicted molar refractivity (Wildman–Crippen MR) is 124 cm³/mol. The van der Waals surface area contributed by atoms with Gasteiger partial charge in [0.15, 0.2) is 11.6 Å². The van der Waals surface area contributed by atoms with Crippen molar-refractivity contribution >= 4 is 27.3 Å². The molecule has 3 heterocycles. The molecule has 0 aliphatic rings. The highest BCUT2D eigenvalue weighted by molar-refractivity contribution is 7.92. The van der Waals surface area contributed by atoms with Crippen molar-refractivity contribution in [2.24, 2.45) is 0 Å². The van der Waals surface area contributed by atoms with Crippen LogP contribution < -0.4 is 14.8 Å². The Morgan fingerprint density at radius 1 is 1.00 bits per heavy atom. The van der Waals surface area contributed by atoms with Crippen molar-refractivity contribution in [1.29, 1.82) is 0 Å². The minimum absolute atomic E-state index is 0.0711. The summed E-state index contributed by atoms with van der Waals surface area (Å²) in [6.45, 7) is -0.201. The van der Waals surface area contributed by atoms with E-state index in [9.17, 15) is 26.0 Å². The highest BCUT2D eigenvalue weighted by atomic mass is 32.2. The van der Waals surface area contributed by atoms with E-state index in [1.807, 2.05) is 4.72 Å². The Hall–Kier alpha value is -4.20. The standard InChI is InChI=1S/C22H18F4N6O3S/c23-15-5-6-16(28-11-15)12-35-19-9-14(4-7-17(19)32-36(33,34)13-22(24,25)26)18-10-21(31-30-18)29-20-3-1-2-8-27-20/h1-11,32H,12-13H2,(H2,27,29,30,31). The fourth-order valence-corrected chi connectivity index (χ4v) is 4.06. The number of benzene rings is 1. The molecule has 188 valence electrons. The maximum absolute atomic E-state index is 13.1. The van der Waals surface area contributed by atoms with Crippen molar-refractivity contribution < 1.29 is 30.7 Å². The molecule has 9 nitrogen and oxygen atoms in total. The highest BCUT2D eigenvalue weighted by Gasteiger charge is 2.35. The number of hydrogen-bond donors (Lipinski definition) is 3. The van der Waals surface area contributed by atoms with Gasteiger partial charge in [-0.2, -0.15) is 18.3 Å². The zero-order valence-electron chi connectivity index (χ0n) is 18.3. The molecular formula is C22H18F4N6O3S. The van der Waals surface area contributed by atoms with Crippen LogP contribution in [0.15, 0.2) is 67.0 Å². The number of halogens is 4. The number of aromatic amines is 1. The smallest absolute Gasteiger partial charge is 0.404 e. The molecule has 0 saturated heterocycles. The Bertz CT molecular complexity index is 1430. The van der Waals surface area contributed by atoms with Crippen molar-refractivity contribution in [2.45, 2.75) is 12.8 Å². The number of alkyl halides is 3. The second-order valence-corrected chi connectivity index (χ2v) is 9.17. The Kier molecular flexibility index (Phi) is 7.05. The maximum atomic E-state index is 13.1. The third kappa shape index (κ3) is 6.91. The SMILES string of the molecule is O=S(=O)(CC(F)(F)F)Nc1ccc(-c2cc(Nc3ccccn3)n[nH]2)cc1OCc1ccc(F)cn1. The van der Waals surface area contributed by atoms with Gasteiger partial charge in [-0.15, -0.1) is 0 Å². The third-order valence-electron chi connectivity index (χ3n) is 4.57. The number of pyridine rings is 2. The van der Waals surface area contributed by atoms with Gasteiger partial charge in [0.25, 0.3) is 0 Å². The van der Waals surface area contributed by atoms with Crippen molar-refractivity contribution in [3.8, 4) is 17.0 Å². The molecule has 14 heteroatoms. The van der Waals surface area contributed by atoms with E-state index in [0.29, 0.717) is 28.6 Å². The van der Waals surface area contributed by atoms with E-state index in [0.717, 1.165) is 12.3 Å². The summed E-state index contributed by atoms with van der Waals surface area (Å²) < 4.78 is 82.8. The molecule has 0 fully saturated rings. The van der Waals surface area contributed by atoms with Gasteiger partial charge in [-0.25, -0.2) is 17.8 Å². The van der Waals surface area contributed by atoms with Crippen molar-refractivity contribution in [1.82, 2.24) is 20.2 Å². The number of hydrogen-bond acceptors (Lipinski definition) is 7. The van der Waals surface area contributed by atoms with Crippen molar-refractivity contribution in [2.75, 3.05) is 15.8 Å². The largest absolute Gasteiger partial charge is 0.485 e. The van der Waals surface area contributed by atoms with Crippen LogP contribution in [-0.2, 0) is 16.6 Å². The lowest BCUT2D eigenvalue weighted by Crippen LogP contribution is -2.28. The van der Waals surface area contributed by atoms with Gasteiger partial charge in [0.2, 0.25) is 10.0 Å². The van der Waals surface area contributed by atoms with Crippen LogP contribution >= 0.6 is 0 Å². The molecule has 0 spiro atoms. The van der Waals surface area contributed by atoms with Crippen LogP contribution in [0.2, 0.25) is 0 Å². The summed E-state index contributed by atoms with van der Waals surface area (Å²) in [6, 6.07) is 13.6. The third-order valence-corrected chi connectivity index (χ3v) is 5.81. The van der Waals surface area contributed by atoms with Gasteiger partial charge in [0, 0.05) is 17.8 Å². The van der Waals surface area contributed by atoms with Gasteiger partial charge < -0.3 is 10.1 Å². The molecule has 0 saturated carbocycles. The van der Waals surface area contributed by atoms with Crippen LogP contribution in [0.1, 0.15) is 5.69 Å². The Labute approximate surface area is 202 Å². The van der Waals surface area contributed by atoms with Crippen LogP contribution in [0.3, 0.4) is 0 Å². The monoisotopic (exact) mass is 522 g/mol. The van der Waals surface area contributed by atoms with Crippen LogP contribution in [0.4, 0.5) is 34.9 Å². The number of rotatable bonds is 9. The zero-order chi connectivity index (χ0) is 25.8. The van der Waals surface area contributed by atoms with Gasteiger partial charge in [-0.1, -0.05) is 12.1 Å². The molecule has 4 aromatic rings. The molecule has 0 bridgehead atoms. The summed E-state index contributed by atoms with van der Waals surface area (Å²) in [4.78, 5) is 7.99. The summed E-state index contributed by atoms with van der Waals surface area (Å²) >= 11 is 0. The quantitative estimate of drug-likeness (QED) is 0.274. The number of H-pyrrole nitrogens is 1. The second kappa shape index (κ2) is 10.2. The lowest BCUT2D eigenvalue weighted by molar-refractivity contribution is -0.106. The van der Waals surface area contributed by atoms with Gasteiger partial charge in [0.1, 0.15) is 24.0 Å². The Morgan fingerprint density at radius 3 is 2.53 bits per heavy atom. The highest BCUT2D eigenvalue weighted by Crippen LogP contribution is 2.33. The first kappa shape index (κ1) is 24.9. The summed E-state index contributed by atoms with van der Waals surface area (Å²) in [5, 5.41) is 9.96. The van der Waals surface area contributed by atoms with E-state index in [4.69, 9.17) is 4.74 Å². The second-order valence-electron chi connectivity index (χ2n) is 7.45. The first-order valence-corrected chi connectivity index (χ1v) is 11.9. The Morgan fingerprint density at radius 2 is 1.83 bits per heavy atom. The maximum Gasteiger partial charge on any atom is 0.404 e. The number of nitrogens with zero attached hydrogens (tertiary/aromatic N) is 3. The van der Waals surface area contributed by atoms with Crippen molar-refractivity contribution in [3.63, 3.8) is 0 Å². The summed E-state index contributed by atoms with van der Waals surface area (Å²) in [5.74, 6) is -1.70. The molecule has 3 aromatic heterocycles.